The van der Waals surface area contributed by atoms with Gasteiger partial charge in [0.25, 0.3) is 0 Å². The number of hydrogen-bond donors (Lipinski definition) is 3. The molecule has 1 aliphatic rings. The van der Waals surface area contributed by atoms with Crippen molar-refractivity contribution in [1.82, 2.24) is 5.32 Å². The fourth-order valence-corrected chi connectivity index (χ4v) is 2.66. The average molecular weight is 285 g/mol. The molecule has 106 valence electrons. The first-order valence-electron chi connectivity index (χ1n) is 6.03. The van der Waals surface area contributed by atoms with E-state index in [9.17, 15) is 15.2 Å². The van der Waals surface area contributed by atoms with Crippen LogP contribution in [0.5, 0.6) is 0 Å². The molecule has 0 bridgehead atoms. The second kappa shape index (κ2) is 7.20. The van der Waals surface area contributed by atoms with Crippen LogP contribution in [-0.2, 0) is 0 Å². The van der Waals surface area contributed by atoms with Crippen LogP contribution in [-0.4, -0.2) is 21.4 Å². The number of aliphatic hydroxyl groups excluding tert-OH is 1. The van der Waals surface area contributed by atoms with E-state index in [1.165, 1.54) is 0 Å². The number of nitrogens with one attached hydrogen (secondary N) is 1. The van der Waals surface area contributed by atoms with Gasteiger partial charge in [-0.15, -0.1) is 0 Å². The number of hydrogen-bond acceptors (Lipinski definition) is 6. The van der Waals surface area contributed by atoms with Crippen molar-refractivity contribution in [2.45, 2.75) is 38.1 Å². The zero-order valence-corrected chi connectivity index (χ0v) is 11.8. The molecule has 6 nitrogen and oxygen atoms in total. The summed E-state index contributed by atoms with van der Waals surface area (Å²) in [5.41, 5.74) is 6.04. The molecule has 0 aliphatic heterocycles. The number of rotatable bonds is 6. The van der Waals surface area contributed by atoms with Gasteiger partial charge >= 0.3 is 5.03 Å². The van der Waals surface area contributed by atoms with Gasteiger partial charge in [0.15, 0.2) is 0 Å². The van der Waals surface area contributed by atoms with E-state index < -0.39 is 4.92 Å². The first-order chi connectivity index (χ1) is 8.95. The fraction of sp³-hybridized carbons (Fsp3) is 0.500. The predicted molar refractivity (Wildman–Crippen MR) is 76.9 cm³/mol. The largest absolute Gasteiger partial charge is 0.512 e. The van der Waals surface area contributed by atoms with Crippen LogP contribution in [0.4, 0.5) is 0 Å². The van der Waals surface area contributed by atoms with Gasteiger partial charge < -0.3 is 10.8 Å². The van der Waals surface area contributed by atoms with Crippen molar-refractivity contribution in [1.29, 1.82) is 0 Å². The second-order valence-electron chi connectivity index (χ2n) is 4.25. The number of nitro groups is 1. The van der Waals surface area contributed by atoms with Crippen molar-refractivity contribution in [3.63, 3.8) is 0 Å². The molecular weight excluding hydrogens is 266 g/mol. The molecule has 1 aliphatic carbocycles. The molecule has 0 aromatic rings. The Hall–Kier alpha value is -1.47. The SMILES string of the molecule is CC(NC(C)C1=C(O)CCC=C1)S/C(=C\N)[N+](=O)[O-]. The first-order valence-corrected chi connectivity index (χ1v) is 6.91. The minimum atomic E-state index is -0.509. The first kappa shape index (κ1) is 15.6. The normalized spacial score (nSPS) is 19.4. The maximum atomic E-state index is 10.7. The van der Waals surface area contributed by atoms with Crippen LogP contribution in [0.3, 0.4) is 0 Å². The Morgan fingerprint density at radius 3 is 2.89 bits per heavy atom. The van der Waals surface area contributed by atoms with Crippen molar-refractivity contribution in [2.75, 3.05) is 0 Å². The average Bonchev–Trinajstić information content (AvgIpc) is 2.35. The summed E-state index contributed by atoms with van der Waals surface area (Å²) in [7, 11) is 0. The molecule has 0 saturated carbocycles. The molecule has 0 spiro atoms. The number of thioether (sulfide) groups is 1. The molecule has 0 amide bonds. The van der Waals surface area contributed by atoms with E-state index in [1.54, 1.807) is 0 Å². The van der Waals surface area contributed by atoms with Crippen LogP contribution in [0.1, 0.15) is 26.7 Å². The Bertz CT molecular complexity index is 432. The third-order valence-corrected chi connectivity index (χ3v) is 3.77. The van der Waals surface area contributed by atoms with Gasteiger partial charge in [0, 0.05) is 18.0 Å². The molecule has 2 atom stereocenters. The van der Waals surface area contributed by atoms with Crippen LogP contribution in [0.15, 0.2) is 34.7 Å². The molecular formula is C12H19N3O3S. The van der Waals surface area contributed by atoms with Crippen molar-refractivity contribution in [3.8, 4) is 0 Å². The van der Waals surface area contributed by atoms with Crippen LogP contribution >= 0.6 is 11.8 Å². The second-order valence-corrected chi connectivity index (χ2v) is 5.61. The lowest BCUT2D eigenvalue weighted by Crippen LogP contribution is -2.34. The molecule has 0 aromatic heterocycles. The highest BCUT2D eigenvalue weighted by Gasteiger charge is 2.20. The summed E-state index contributed by atoms with van der Waals surface area (Å²) in [6, 6.07) is -0.0789. The third-order valence-electron chi connectivity index (χ3n) is 2.75. The number of allylic oxidation sites excluding steroid dienone is 2. The van der Waals surface area contributed by atoms with Gasteiger partial charge in [-0.25, -0.2) is 0 Å². The molecule has 0 aromatic carbocycles. The van der Waals surface area contributed by atoms with Crippen molar-refractivity contribution in [3.05, 3.63) is 44.8 Å². The highest BCUT2D eigenvalue weighted by atomic mass is 32.2. The molecule has 0 saturated heterocycles. The van der Waals surface area contributed by atoms with Crippen molar-refractivity contribution >= 4 is 11.8 Å². The summed E-state index contributed by atoms with van der Waals surface area (Å²) < 4.78 is 0. The summed E-state index contributed by atoms with van der Waals surface area (Å²) in [4.78, 5) is 10.1. The lowest BCUT2D eigenvalue weighted by Gasteiger charge is -2.22. The summed E-state index contributed by atoms with van der Waals surface area (Å²) in [5.74, 6) is 0.378. The summed E-state index contributed by atoms with van der Waals surface area (Å²) in [5, 5.41) is 23.4. The number of nitrogens with zero attached hydrogens (tertiary/aromatic N) is 1. The molecule has 7 heteroatoms. The van der Waals surface area contributed by atoms with E-state index in [-0.39, 0.29) is 16.4 Å². The summed E-state index contributed by atoms with van der Waals surface area (Å²) >= 11 is 1.04. The van der Waals surface area contributed by atoms with Gasteiger partial charge in [-0.05, 0) is 32.0 Å². The van der Waals surface area contributed by atoms with E-state index in [0.717, 1.165) is 30.0 Å². The van der Waals surface area contributed by atoms with E-state index >= 15 is 0 Å². The highest BCUT2D eigenvalue weighted by Crippen LogP contribution is 2.23. The van der Waals surface area contributed by atoms with Gasteiger partial charge in [-0.2, -0.15) is 0 Å². The molecule has 0 radical (unpaired) electrons. The Morgan fingerprint density at radius 2 is 2.37 bits per heavy atom. The zero-order chi connectivity index (χ0) is 14.4. The Labute approximate surface area is 116 Å². The van der Waals surface area contributed by atoms with E-state index in [4.69, 9.17) is 5.73 Å². The summed E-state index contributed by atoms with van der Waals surface area (Å²) in [6.07, 6.45) is 6.37. The molecule has 4 N–H and O–H groups in total. The molecule has 0 fully saturated rings. The number of nitrogens with two attached hydrogens (primary N) is 1. The standard InChI is InChI=1S/C12H19N3O3S/c1-8(10-5-3-4-6-11(10)16)14-9(2)19-12(7-13)15(17)18/h3,5,7-9,14,16H,4,6,13H2,1-2H3/b12-7-. The van der Waals surface area contributed by atoms with Gasteiger partial charge in [0.05, 0.1) is 22.3 Å². The highest BCUT2D eigenvalue weighted by molar-refractivity contribution is 8.03. The van der Waals surface area contributed by atoms with Gasteiger partial charge in [0.1, 0.15) is 0 Å². The molecule has 0 heterocycles. The number of aliphatic hydroxyl groups is 1. The minimum Gasteiger partial charge on any atom is -0.512 e. The van der Waals surface area contributed by atoms with Crippen LogP contribution < -0.4 is 11.1 Å². The predicted octanol–water partition coefficient (Wildman–Crippen LogP) is 2.24. The maximum absolute atomic E-state index is 10.7. The van der Waals surface area contributed by atoms with E-state index in [1.807, 2.05) is 26.0 Å². The monoisotopic (exact) mass is 285 g/mol. The summed E-state index contributed by atoms with van der Waals surface area (Å²) in [6.45, 7) is 3.73. The maximum Gasteiger partial charge on any atom is 0.320 e. The van der Waals surface area contributed by atoms with Gasteiger partial charge in [0.2, 0.25) is 0 Å². The van der Waals surface area contributed by atoms with Crippen LogP contribution in [0, 0.1) is 10.1 Å². The topological polar surface area (TPSA) is 101 Å². The molecule has 1 rings (SSSR count). The Balaban J connectivity index is 2.59. The smallest absolute Gasteiger partial charge is 0.320 e. The Morgan fingerprint density at radius 1 is 1.68 bits per heavy atom. The van der Waals surface area contributed by atoms with Crippen molar-refractivity contribution in [2.24, 2.45) is 5.73 Å². The molecule has 19 heavy (non-hydrogen) atoms. The van der Waals surface area contributed by atoms with E-state index in [0.29, 0.717) is 12.2 Å². The third kappa shape index (κ3) is 4.60. The lowest BCUT2D eigenvalue weighted by molar-refractivity contribution is -0.410. The van der Waals surface area contributed by atoms with E-state index in [2.05, 4.69) is 5.32 Å². The van der Waals surface area contributed by atoms with Gasteiger partial charge in [-0.3, -0.25) is 15.4 Å². The lowest BCUT2D eigenvalue weighted by atomic mass is 9.99. The van der Waals surface area contributed by atoms with Crippen LogP contribution in [0.2, 0.25) is 0 Å². The zero-order valence-electron chi connectivity index (χ0n) is 11.0. The van der Waals surface area contributed by atoms with Crippen molar-refractivity contribution < 1.29 is 10.0 Å². The Kier molecular flexibility index (Phi) is 5.91. The minimum absolute atomic E-state index is 0.0789. The quantitative estimate of drug-likeness (QED) is 0.393. The van der Waals surface area contributed by atoms with Gasteiger partial charge in [-0.1, -0.05) is 12.2 Å². The molecule has 2 unspecified atom stereocenters. The van der Waals surface area contributed by atoms with Crippen LogP contribution in [0.25, 0.3) is 0 Å². The fourth-order valence-electron chi connectivity index (χ4n) is 1.87.